The Hall–Kier alpha value is -3.00. The van der Waals surface area contributed by atoms with Gasteiger partial charge in [-0.3, -0.25) is 9.97 Å². The van der Waals surface area contributed by atoms with Crippen LogP contribution in [0.4, 0.5) is 0 Å². The Bertz CT molecular complexity index is 954. The fourth-order valence-corrected chi connectivity index (χ4v) is 3.25. The van der Waals surface area contributed by atoms with E-state index in [0.29, 0.717) is 0 Å². The van der Waals surface area contributed by atoms with Gasteiger partial charge in [-0.25, -0.2) is 0 Å². The number of aromatic nitrogens is 2. The first kappa shape index (κ1) is 14.6. The molecule has 2 nitrogen and oxygen atoms in total. The highest BCUT2D eigenvalue weighted by Gasteiger charge is 2.10. The molecule has 2 heteroatoms. The number of pyridine rings is 2. The first-order chi connectivity index (χ1) is 11.7. The average Bonchev–Trinajstić information content (AvgIpc) is 2.60. The van der Waals surface area contributed by atoms with Gasteiger partial charge < -0.3 is 0 Å². The number of fused-ring (bicyclic) bond motifs is 1. The highest BCUT2D eigenvalue weighted by molar-refractivity contribution is 6.06. The summed E-state index contributed by atoms with van der Waals surface area (Å²) in [6.45, 7) is 4.06. The zero-order chi connectivity index (χ0) is 16.5. The van der Waals surface area contributed by atoms with Gasteiger partial charge >= 0.3 is 0 Å². The van der Waals surface area contributed by atoms with Crippen LogP contribution in [0, 0.1) is 13.8 Å². The second-order valence-corrected chi connectivity index (χ2v) is 6.08. The van der Waals surface area contributed by atoms with Crippen molar-refractivity contribution in [3.63, 3.8) is 0 Å². The number of hydrogen-bond donors (Lipinski definition) is 0. The lowest BCUT2D eigenvalue weighted by Crippen LogP contribution is -1.89. The molecule has 4 aromatic rings. The van der Waals surface area contributed by atoms with Crippen LogP contribution in [0.3, 0.4) is 0 Å². The maximum absolute atomic E-state index is 4.33. The minimum Gasteiger partial charge on any atom is -0.262 e. The van der Waals surface area contributed by atoms with Crippen LogP contribution >= 0.6 is 0 Å². The molecule has 0 aliphatic heterocycles. The fourth-order valence-electron chi connectivity index (χ4n) is 3.25. The van der Waals surface area contributed by atoms with Crippen LogP contribution in [0.1, 0.15) is 11.4 Å². The Morgan fingerprint density at radius 2 is 1.12 bits per heavy atom. The summed E-state index contributed by atoms with van der Waals surface area (Å²) < 4.78 is 0. The van der Waals surface area contributed by atoms with Gasteiger partial charge in [-0.2, -0.15) is 0 Å². The van der Waals surface area contributed by atoms with E-state index in [1.165, 1.54) is 33.0 Å². The third kappa shape index (κ3) is 2.56. The molecule has 2 aromatic carbocycles. The van der Waals surface area contributed by atoms with Gasteiger partial charge in [0, 0.05) is 23.8 Å². The van der Waals surface area contributed by atoms with Crippen molar-refractivity contribution in [1.29, 1.82) is 0 Å². The van der Waals surface area contributed by atoms with Crippen LogP contribution < -0.4 is 0 Å². The van der Waals surface area contributed by atoms with E-state index in [4.69, 9.17) is 0 Å². The largest absolute Gasteiger partial charge is 0.262 e. The average molecular weight is 310 g/mol. The zero-order valence-electron chi connectivity index (χ0n) is 13.8. The molecule has 2 aromatic heterocycles. The number of nitrogens with zero attached hydrogens (tertiary/aromatic N) is 2. The Balaban J connectivity index is 2.06. The third-order valence-electron chi connectivity index (χ3n) is 4.32. The van der Waals surface area contributed by atoms with Crippen molar-refractivity contribution in [3.8, 4) is 22.3 Å². The van der Waals surface area contributed by atoms with E-state index in [9.17, 15) is 0 Å². The fraction of sp³-hybridized carbons (Fsp3) is 0.0909. The normalized spacial score (nSPS) is 10.9. The van der Waals surface area contributed by atoms with Gasteiger partial charge in [-0.1, -0.05) is 36.4 Å². The van der Waals surface area contributed by atoms with Crippen LogP contribution in [0.15, 0.2) is 73.1 Å². The Morgan fingerprint density at radius 1 is 0.625 bits per heavy atom. The van der Waals surface area contributed by atoms with Crippen LogP contribution in [0.25, 0.3) is 33.0 Å². The molecule has 4 rings (SSSR count). The van der Waals surface area contributed by atoms with E-state index in [2.05, 4.69) is 70.6 Å². The van der Waals surface area contributed by atoms with Crippen LogP contribution in [-0.4, -0.2) is 9.97 Å². The second kappa shape index (κ2) is 5.89. The molecule has 0 aliphatic rings. The van der Waals surface area contributed by atoms with Crippen molar-refractivity contribution in [2.75, 3.05) is 0 Å². The van der Waals surface area contributed by atoms with Crippen LogP contribution in [0.5, 0.6) is 0 Å². The lowest BCUT2D eigenvalue weighted by molar-refractivity contribution is 1.20. The standard InChI is InChI=1S/C22H18N2/c1-15-13-18(9-11-23-15)20-7-3-5-17-6-4-8-21(22(17)20)19-10-12-24-16(2)14-19/h3-14H,1-2H3. The summed E-state index contributed by atoms with van der Waals surface area (Å²) in [4.78, 5) is 8.66. The molecule has 0 spiro atoms. The zero-order valence-corrected chi connectivity index (χ0v) is 13.8. The van der Waals surface area contributed by atoms with E-state index in [0.717, 1.165) is 11.4 Å². The smallest absolute Gasteiger partial charge is 0.0378 e. The molecule has 0 bridgehead atoms. The molecule has 0 unspecified atom stereocenters. The van der Waals surface area contributed by atoms with Crippen molar-refractivity contribution in [3.05, 3.63) is 84.4 Å². The summed E-state index contributed by atoms with van der Waals surface area (Å²) in [5.74, 6) is 0. The summed E-state index contributed by atoms with van der Waals surface area (Å²) in [5.41, 5.74) is 6.94. The van der Waals surface area contributed by atoms with Crippen LogP contribution in [0.2, 0.25) is 0 Å². The minimum atomic E-state index is 1.03. The lowest BCUT2D eigenvalue weighted by atomic mass is 9.92. The van der Waals surface area contributed by atoms with E-state index in [1.54, 1.807) is 0 Å². The summed E-state index contributed by atoms with van der Waals surface area (Å²) >= 11 is 0. The van der Waals surface area contributed by atoms with Crippen molar-refractivity contribution in [1.82, 2.24) is 9.97 Å². The molecule has 0 atom stereocenters. The molecule has 24 heavy (non-hydrogen) atoms. The van der Waals surface area contributed by atoms with Gasteiger partial charge in [0.1, 0.15) is 0 Å². The first-order valence-electron chi connectivity index (χ1n) is 8.10. The summed E-state index contributed by atoms with van der Waals surface area (Å²) in [7, 11) is 0. The van der Waals surface area contributed by atoms with Gasteiger partial charge in [-0.15, -0.1) is 0 Å². The quantitative estimate of drug-likeness (QED) is 0.483. The van der Waals surface area contributed by atoms with Crippen molar-refractivity contribution >= 4 is 10.8 Å². The van der Waals surface area contributed by atoms with E-state index in [1.807, 2.05) is 26.2 Å². The van der Waals surface area contributed by atoms with E-state index < -0.39 is 0 Å². The minimum absolute atomic E-state index is 1.03. The topological polar surface area (TPSA) is 25.8 Å². The first-order valence-corrected chi connectivity index (χ1v) is 8.10. The van der Waals surface area contributed by atoms with Gasteiger partial charge in [0.2, 0.25) is 0 Å². The molecule has 0 radical (unpaired) electrons. The summed E-state index contributed by atoms with van der Waals surface area (Å²) in [6, 6.07) is 21.4. The molecule has 2 heterocycles. The van der Waals surface area contributed by atoms with E-state index >= 15 is 0 Å². The molecule has 0 aliphatic carbocycles. The maximum Gasteiger partial charge on any atom is 0.0378 e. The number of benzene rings is 2. The predicted octanol–water partition coefficient (Wildman–Crippen LogP) is 5.58. The van der Waals surface area contributed by atoms with Crippen molar-refractivity contribution in [2.45, 2.75) is 13.8 Å². The molecule has 0 amide bonds. The monoisotopic (exact) mass is 310 g/mol. The van der Waals surface area contributed by atoms with Gasteiger partial charge in [0.05, 0.1) is 0 Å². The summed E-state index contributed by atoms with van der Waals surface area (Å²) in [6.07, 6.45) is 3.76. The molecule has 0 fully saturated rings. The Kier molecular flexibility index (Phi) is 3.58. The number of hydrogen-bond acceptors (Lipinski definition) is 2. The van der Waals surface area contributed by atoms with Gasteiger partial charge in [0.15, 0.2) is 0 Å². The summed E-state index contributed by atoms with van der Waals surface area (Å²) in [5, 5.41) is 2.52. The predicted molar refractivity (Wildman–Crippen MR) is 99.9 cm³/mol. The number of rotatable bonds is 2. The Labute approximate surface area is 141 Å². The highest BCUT2D eigenvalue weighted by Crippen LogP contribution is 2.36. The van der Waals surface area contributed by atoms with Crippen molar-refractivity contribution < 1.29 is 0 Å². The molecular weight excluding hydrogens is 292 g/mol. The third-order valence-corrected chi connectivity index (χ3v) is 4.32. The van der Waals surface area contributed by atoms with Gasteiger partial charge in [0.25, 0.3) is 0 Å². The van der Waals surface area contributed by atoms with E-state index in [-0.39, 0.29) is 0 Å². The molecular formula is C22H18N2. The highest BCUT2D eigenvalue weighted by atomic mass is 14.7. The molecule has 0 saturated heterocycles. The maximum atomic E-state index is 4.33. The SMILES string of the molecule is Cc1cc(-c2cccc3cccc(-c4ccnc(C)c4)c23)ccn1. The lowest BCUT2D eigenvalue weighted by Gasteiger charge is -2.13. The van der Waals surface area contributed by atoms with Gasteiger partial charge in [-0.05, 0) is 71.1 Å². The molecule has 116 valence electrons. The number of aryl methyl sites for hydroxylation is 2. The Morgan fingerprint density at radius 3 is 1.58 bits per heavy atom. The second-order valence-electron chi connectivity index (χ2n) is 6.08. The molecule has 0 N–H and O–H groups in total. The van der Waals surface area contributed by atoms with Crippen molar-refractivity contribution in [2.24, 2.45) is 0 Å². The van der Waals surface area contributed by atoms with Crippen LogP contribution in [-0.2, 0) is 0 Å². The molecule has 0 saturated carbocycles.